The Labute approximate surface area is 149 Å². The molecule has 0 aliphatic heterocycles. The molecule has 1 aromatic carbocycles. The van der Waals surface area contributed by atoms with Gasteiger partial charge in [-0.05, 0) is 51.0 Å². The maximum Gasteiger partial charge on any atom is 0.338 e. The summed E-state index contributed by atoms with van der Waals surface area (Å²) in [5.74, 6) is -0.848. The molecular formula is C19H28O6. The van der Waals surface area contributed by atoms with Crippen LogP contribution in [-0.2, 0) is 25.4 Å². The van der Waals surface area contributed by atoms with Gasteiger partial charge in [0.25, 0.3) is 0 Å². The minimum Gasteiger partial charge on any atom is -0.462 e. The molecule has 0 fully saturated rings. The van der Waals surface area contributed by atoms with Gasteiger partial charge in [-0.25, -0.2) is 9.59 Å². The number of ether oxygens (including phenoxy) is 4. The van der Waals surface area contributed by atoms with Gasteiger partial charge in [-0.1, -0.05) is 6.92 Å². The van der Waals surface area contributed by atoms with Gasteiger partial charge in [-0.15, -0.1) is 0 Å². The minimum atomic E-state index is -0.471. The van der Waals surface area contributed by atoms with E-state index < -0.39 is 18.0 Å². The van der Waals surface area contributed by atoms with Crippen LogP contribution in [0.15, 0.2) is 18.2 Å². The van der Waals surface area contributed by atoms with E-state index in [1.807, 2.05) is 20.8 Å². The normalized spacial score (nSPS) is 10.8. The van der Waals surface area contributed by atoms with E-state index in [9.17, 15) is 9.59 Å². The molecule has 0 saturated heterocycles. The molecule has 140 valence electrons. The maximum atomic E-state index is 12.5. The molecule has 0 atom stereocenters. The highest BCUT2D eigenvalue weighted by molar-refractivity contribution is 5.95. The molecule has 0 bridgehead atoms. The number of hydrogen-bond acceptors (Lipinski definition) is 6. The zero-order valence-electron chi connectivity index (χ0n) is 15.5. The standard InChI is InChI=1S/C19H28O6/c1-5-14-11-15(18(20)24-8-4)9-10-17(14)19(21)25-16(12-22-6-2)13-23-7-3/h9-11,16H,5-8,12-13H2,1-4H3. The molecule has 0 aliphatic rings. The smallest absolute Gasteiger partial charge is 0.338 e. The molecule has 1 rings (SSSR count). The number of carbonyl (C=O) groups is 2. The lowest BCUT2D eigenvalue weighted by Gasteiger charge is -2.18. The molecule has 0 heterocycles. The molecular weight excluding hydrogens is 324 g/mol. The Bertz CT molecular complexity index is 547. The van der Waals surface area contributed by atoms with Gasteiger partial charge in [0, 0.05) is 13.2 Å². The molecule has 0 N–H and O–H groups in total. The number of aryl methyl sites for hydroxylation is 1. The van der Waals surface area contributed by atoms with Crippen molar-refractivity contribution in [3.05, 3.63) is 34.9 Å². The van der Waals surface area contributed by atoms with Crippen molar-refractivity contribution in [1.29, 1.82) is 0 Å². The van der Waals surface area contributed by atoms with E-state index in [0.29, 0.717) is 37.4 Å². The van der Waals surface area contributed by atoms with Crippen LogP contribution in [-0.4, -0.2) is 51.1 Å². The summed E-state index contributed by atoms with van der Waals surface area (Å²) in [6.07, 6.45) is 0.126. The Morgan fingerprint density at radius 2 is 1.56 bits per heavy atom. The lowest BCUT2D eigenvalue weighted by molar-refractivity contribution is -0.0364. The van der Waals surface area contributed by atoms with Crippen LogP contribution in [0, 0.1) is 0 Å². The van der Waals surface area contributed by atoms with Crippen molar-refractivity contribution in [3.8, 4) is 0 Å². The molecule has 0 radical (unpaired) electrons. The van der Waals surface area contributed by atoms with E-state index in [1.165, 1.54) is 0 Å². The molecule has 0 spiro atoms. The first-order chi connectivity index (χ1) is 12.1. The quantitative estimate of drug-likeness (QED) is 0.570. The summed E-state index contributed by atoms with van der Waals surface area (Å²) in [5.41, 5.74) is 1.60. The number of hydrogen-bond donors (Lipinski definition) is 0. The van der Waals surface area contributed by atoms with Gasteiger partial charge in [-0.2, -0.15) is 0 Å². The van der Waals surface area contributed by atoms with Crippen LogP contribution < -0.4 is 0 Å². The molecule has 0 unspecified atom stereocenters. The molecule has 6 heteroatoms. The van der Waals surface area contributed by atoms with Crippen LogP contribution in [0.4, 0.5) is 0 Å². The van der Waals surface area contributed by atoms with Crippen molar-refractivity contribution in [2.45, 2.75) is 40.2 Å². The van der Waals surface area contributed by atoms with Crippen LogP contribution >= 0.6 is 0 Å². The average molecular weight is 352 g/mol. The summed E-state index contributed by atoms with van der Waals surface area (Å²) >= 11 is 0. The van der Waals surface area contributed by atoms with E-state index in [1.54, 1.807) is 25.1 Å². The van der Waals surface area contributed by atoms with Gasteiger partial charge in [0.05, 0.1) is 30.9 Å². The van der Waals surface area contributed by atoms with Crippen molar-refractivity contribution in [2.24, 2.45) is 0 Å². The SMILES string of the molecule is CCOCC(COCC)OC(=O)c1ccc(C(=O)OCC)cc1CC. The molecule has 25 heavy (non-hydrogen) atoms. The van der Waals surface area contributed by atoms with Crippen LogP contribution in [0.25, 0.3) is 0 Å². The summed E-state index contributed by atoms with van der Waals surface area (Å²) in [7, 11) is 0. The molecule has 6 nitrogen and oxygen atoms in total. The molecule has 1 aromatic rings. The van der Waals surface area contributed by atoms with E-state index in [0.717, 1.165) is 5.56 Å². The van der Waals surface area contributed by atoms with Crippen molar-refractivity contribution in [3.63, 3.8) is 0 Å². The van der Waals surface area contributed by atoms with Crippen LogP contribution in [0.2, 0.25) is 0 Å². The molecule has 0 amide bonds. The number of carbonyl (C=O) groups excluding carboxylic acids is 2. The summed E-state index contributed by atoms with van der Waals surface area (Å²) in [4.78, 5) is 24.4. The topological polar surface area (TPSA) is 71.1 Å². The zero-order chi connectivity index (χ0) is 18.7. The van der Waals surface area contributed by atoms with E-state index in [2.05, 4.69) is 0 Å². The molecule has 0 aromatic heterocycles. The van der Waals surface area contributed by atoms with Gasteiger partial charge in [0.1, 0.15) is 6.10 Å². The molecule has 0 saturated carbocycles. The van der Waals surface area contributed by atoms with Gasteiger partial charge >= 0.3 is 11.9 Å². The zero-order valence-corrected chi connectivity index (χ0v) is 15.5. The van der Waals surface area contributed by atoms with Gasteiger partial charge < -0.3 is 18.9 Å². The fourth-order valence-corrected chi connectivity index (χ4v) is 2.26. The van der Waals surface area contributed by atoms with Crippen LogP contribution in [0.1, 0.15) is 54.0 Å². The van der Waals surface area contributed by atoms with Crippen molar-refractivity contribution in [1.82, 2.24) is 0 Å². The van der Waals surface area contributed by atoms with Crippen molar-refractivity contribution >= 4 is 11.9 Å². The Morgan fingerprint density at radius 3 is 2.08 bits per heavy atom. The molecule has 0 aliphatic carbocycles. The predicted octanol–water partition coefficient (Wildman–Crippen LogP) is 3.02. The van der Waals surface area contributed by atoms with Crippen molar-refractivity contribution < 1.29 is 28.5 Å². The Hall–Kier alpha value is -1.92. The third-order valence-electron chi connectivity index (χ3n) is 3.51. The fourth-order valence-electron chi connectivity index (χ4n) is 2.26. The summed E-state index contributed by atoms with van der Waals surface area (Å²) < 4.78 is 21.2. The maximum absolute atomic E-state index is 12.5. The second-order valence-corrected chi connectivity index (χ2v) is 5.29. The number of esters is 2. The predicted molar refractivity (Wildman–Crippen MR) is 94.0 cm³/mol. The lowest BCUT2D eigenvalue weighted by atomic mass is 10.0. The van der Waals surface area contributed by atoms with E-state index >= 15 is 0 Å². The van der Waals surface area contributed by atoms with E-state index in [-0.39, 0.29) is 13.2 Å². The second-order valence-electron chi connectivity index (χ2n) is 5.29. The second kappa shape index (κ2) is 11.6. The first kappa shape index (κ1) is 21.1. The largest absolute Gasteiger partial charge is 0.462 e. The Balaban J connectivity index is 2.89. The highest BCUT2D eigenvalue weighted by Crippen LogP contribution is 2.16. The van der Waals surface area contributed by atoms with Gasteiger partial charge in [-0.3, -0.25) is 0 Å². The van der Waals surface area contributed by atoms with Crippen molar-refractivity contribution in [2.75, 3.05) is 33.0 Å². The van der Waals surface area contributed by atoms with Gasteiger partial charge in [0.2, 0.25) is 0 Å². The summed E-state index contributed by atoms with van der Waals surface area (Å²) in [6, 6.07) is 4.86. The van der Waals surface area contributed by atoms with E-state index in [4.69, 9.17) is 18.9 Å². The number of rotatable bonds is 11. The highest BCUT2D eigenvalue weighted by Gasteiger charge is 2.20. The van der Waals surface area contributed by atoms with Crippen LogP contribution in [0.3, 0.4) is 0 Å². The summed E-state index contributed by atoms with van der Waals surface area (Å²) in [5, 5.41) is 0. The minimum absolute atomic E-state index is 0.282. The first-order valence-corrected chi connectivity index (χ1v) is 8.73. The average Bonchev–Trinajstić information content (AvgIpc) is 2.63. The number of benzene rings is 1. The summed E-state index contributed by atoms with van der Waals surface area (Å²) in [6.45, 7) is 9.37. The third kappa shape index (κ3) is 6.84. The first-order valence-electron chi connectivity index (χ1n) is 8.73. The highest BCUT2D eigenvalue weighted by atomic mass is 16.6. The fraction of sp³-hybridized carbons (Fsp3) is 0.579. The van der Waals surface area contributed by atoms with Gasteiger partial charge in [0.15, 0.2) is 0 Å². The Kier molecular flexibility index (Phi) is 9.80. The third-order valence-corrected chi connectivity index (χ3v) is 3.51. The lowest BCUT2D eigenvalue weighted by Crippen LogP contribution is -2.29. The Morgan fingerprint density at radius 1 is 0.920 bits per heavy atom. The van der Waals surface area contributed by atoms with Crippen LogP contribution in [0.5, 0.6) is 0 Å². The monoisotopic (exact) mass is 352 g/mol.